The first-order valence-electron chi connectivity index (χ1n) is 4.20. The average Bonchev–Trinajstić information content (AvgIpc) is 2.69. The molecule has 0 radical (unpaired) electrons. The Labute approximate surface area is 103 Å². The third-order valence-electron chi connectivity index (χ3n) is 1.74. The monoisotopic (exact) mass is 331 g/mol. The number of anilines is 1. The third kappa shape index (κ3) is 2.79. The highest BCUT2D eigenvalue weighted by molar-refractivity contribution is 9.11. The Bertz CT molecular complexity index is 445. The smallest absolute Gasteiger partial charge is 0.140 e. The Kier molecular flexibility index (Phi) is 3.37. The zero-order valence-electron chi connectivity index (χ0n) is 7.58. The lowest BCUT2D eigenvalue weighted by Crippen LogP contribution is -2.02. The van der Waals surface area contributed by atoms with Crippen LogP contribution in [0.2, 0.25) is 0 Å². The number of nitrogens with zero attached hydrogens (tertiary/aromatic N) is 2. The second-order valence-electron chi connectivity index (χ2n) is 2.83. The zero-order chi connectivity index (χ0) is 10.7. The third-order valence-corrected chi connectivity index (χ3v) is 2.77. The van der Waals surface area contributed by atoms with E-state index in [0.29, 0.717) is 6.54 Å². The topological polar surface area (TPSA) is 51.0 Å². The van der Waals surface area contributed by atoms with Gasteiger partial charge in [0.05, 0.1) is 11.0 Å². The maximum Gasteiger partial charge on any atom is 0.140 e. The second kappa shape index (κ2) is 4.76. The predicted molar refractivity (Wildman–Crippen MR) is 63.5 cm³/mol. The zero-order valence-corrected chi connectivity index (χ0v) is 10.7. The van der Waals surface area contributed by atoms with Crippen LogP contribution in [0.3, 0.4) is 0 Å². The molecular formula is C9H7Br2N3O. The van der Waals surface area contributed by atoms with E-state index < -0.39 is 0 Å². The number of hydrogen-bond donors (Lipinski definition) is 1. The summed E-state index contributed by atoms with van der Waals surface area (Å²) in [5.74, 6) is 0.779. The van der Waals surface area contributed by atoms with Gasteiger partial charge in [-0.05, 0) is 37.9 Å². The highest BCUT2D eigenvalue weighted by atomic mass is 79.9. The van der Waals surface area contributed by atoms with Crippen LogP contribution in [0.25, 0.3) is 0 Å². The Morgan fingerprint density at radius 3 is 2.93 bits per heavy atom. The van der Waals surface area contributed by atoms with E-state index in [1.165, 1.54) is 0 Å². The van der Waals surface area contributed by atoms with Gasteiger partial charge < -0.3 is 9.84 Å². The number of halogens is 2. The molecule has 0 spiro atoms. The quantitative estimate of drug-likeness (QED) is 0.937. The van der Waals surface area contributed by atoms with E-state index >= 15 is 0 Å². The molecule has 0 unspecified atom stereocenters. The molecule has 2 heterocycles. The van der Waals surface area contributed by atoms with Gasteiger partial charge in [-0.25, -0.2) is 4.98 Å². The lowest BCUT2D eigenvalue weighted by atomic mass is 10.4. The summed E-state index contributed by atoms with van der Waals surface area (Å²) in [6, 6.07) is 3.73. The molecule has 2 aromatic rings. The van der Waals surface area contributed by atoms with Gasteiger partial charge in [0.1, 0.15) is 17.8 Å². The summed E-state index contributed by atoms with van der Waals surface area (Å²) in [4.78, 5) is 4.21. The molecule has 4 nitrogen and oxygen atoms in total. The molecule has 2 aromatic heterocycles. The maximum absolute atomic E-state index is 4.72. The summed E-state index contributed by atoms with van der Waals surface area (Å²) < 4.78 is 6.56. The van der Waals surface area contributed by atoms with Crippen LogP contribution in [-0.2, 0) is 6.54 Å². The number of rotatable bonds is 3. The molecule has 0 aliphatic rings. The highest BCUT2D eigenvalue weighted by Gasteiger charge is 2.02. The fourth-order valence-corrected chi connectivity index (χ4v) is 2.18. The molecule has 0 aromatic carbocycles. The van der Waals surface area contributed by atoms with E-state index in [1.807, 2.05) is 6.07 Å². The van der Waals surface area contributed by atoms with Crippen molar-refractivity contribution in [2.24, 2.45) is 0 Å². The minimum absolute atomic E-state index is 0.587. The molecule has 0 aliphatic heterocycles. The van der Waals surface area contributed by atoms with Crippen molar-refractivity contribution >= 4 is 37.7 Å². The first-order chi connectivity index (χ1) is 7.25. The fourth-order valence-electron chi connectivity index (χ4n) is 1.05. The molecule has 78 valence electrons. The molecule has 1 N–H and O–H groups in total. The molecule has 15 heavy (non-hydrogen) atoms. The molecule has 2 rings (SSSR count). The molecule has 0 bridgehead atoms. The SMILES string of the molecule is Brc1cnc(NCc2ccon2)c(Br)c1. The lowest BCUT2D eigenvalue weighted by Gasteiger charge is -2.05. The van der Waals surface area contributed by atoms with Gasteiger partial charge >= 0.3 is 0 Å². The molecule has 0 saturated heterocycles. The van der Waals surface area contributed by atoms with Crippen molar-refractivity contribution in [2.75, 3.05) is 5.32 Å². The maximum atomic E-state index is 4.72. The summed E-state index contributed by atoms with van der Waals surface area (Å²) in [5, 5.41) is 6.93. The summed E-state index contributed by atoms with van der Waals surface area (Å²) in [6.07, 6.45) is 3.27. The molecule has 6 heteroatoms. The lowest BCUT2D eigenvalue weighted by molar-refractivity contribution is 0.412. The average molecular weight is 333 g/mol. The summed E-state index contributed by atoms with van der Waals surface area (Å²) in [5.41, 5.74) is 0.839. The minimum Gasteiger partial charge on any atom is -0.364 e. The van der Waals surface area contributed by atoms with Crippen molar-refractivity contribution in [3.63, 3.8) is 0 Å². The van der Waals surface area contributed by atoms with Crippen molar-refractivity contribution in [3.8, 4) is 0 Å². The van der Waals surface area contributed by atoms with Crippen LogP contribution in [0, 0.1) is 0 Å². The van der Waals surface area contributed by atoms with Gasteiger partial charge in [-0.1, -0.05) is 5.16 Å². The fraction of sp³-hybridized carbons (Fsp3) is 0.111. The van der Waals surface area contributed by atoms with Gasteiger partial charge in [0.15, 0.2) is 0 Å². The van der Waals surface area contributed by atoms with Crippen LogP contribution >= 0.6 is 31.9 Å². The van der Waals surface area contributed by atoms with Crippen LogP contribution in [0.15, 0.2) is 38.1 Å². The first kappa shape index (κ1) is 10.6. The van der Waals surface area contributed by atoms with Crippen LogP contribution in [0.1, 0.15) is 5.69 Å². The standard InChI is InChI=1S/C9H7Br2N3O/c10-6-3-8(11)9(12-4-6)13-5-7-1-2-15-14-7/h1-4H,5H2,(H,12,13). The molecule has 0 amide bonds. The van der Waals surface area contributed by atoms with E-state index in [0.717, 1.165) is 20.5 Å². The second-order valence-corrected chi connectivity index (χ2v) is 4.60. The molecule has 0 aliphatic carbocycles. The van der Waals surface area contributed by atoms with E-state index in [-0.39, 0.29) is 0 Å². The van der Waals surface area contributed by atoms with Crippen molar-refractivity contribution in [2.45, 2.75) is 6.54 Å². The summed E-state index contributed by atoms with van der Waals surface area (Å²) in [6.45, 7) is 0.587. The van der Waals surface area contributed by atoms with Gasteiger partial charge in [-0.15, -0.1) is 0 Å². The Morgan fingerprint density at radius 1 is 1.40 bits per heavy atom. The number of nitrogens with one attached hydrogen (secondary N) is 1. The van der Waals surface area contributed by atoms with Gasteiger partial charge in [0, 0.05) is 16.7 Å². The summed E-state index contributed by atoms with van der Waals surface area (Å²) >= 11 is 6.75. The Hall–Kier alpha value is -0.880. The molecule has 0 atom stereocenters. The van der Waals surface area contributed by atoms with Crippen molar-refractivity contribution < 1.29 is 4.52 Å². The van der Waals surface area contributed by atoms with E-state index in [2.05, 4.69) is 47.3 Å². The number of hydrogen-bond acceptors (Lipinski definition) is 4. The number of aromatic nitrogens is 2. The van der Waals surface area contributed by atoms with E-state index in [1.54, 1.807) is 18.5 Å². The normalized spacial score (nSPS) is 10.3. The largest absolute Gasteiger partial charge is 0.364 e. The van der Waals surface area contributed by atoms with Crippen LogP contribution in [-0.4, -0.2) is 10.1 Å². The van der Waals surface area contributed by atoms with Gasteiger partial charge in [0.2, 0.25) is 0 Å². The van der Waals surface area contributed by atoms with Crippen LogP contribution in [0.4, 0.5) is 5.82 Å². The summed E-state index contributed by atoms with van der Waals surface area (Å²) in [7, 11) is 0. The number of pyridine rings is 1. The first-order valence-corrected chi connectivity index (χ1v) is 5.78. The van der Waals surface area contributed by atoms with Crippen LogP contribution < -0.4 is 5.32 Å². The van der Waals surface area contributed by atoms with E-state index in [4.69, 9.17) is 4.52 Å². The highest BCUT2D eigenvalue weighted by Crippen LogP contribution is 2.23. The van der Waals surface area contributed by atoms with Crippen molar-refractivity contribution in [1.82, 2.24) is 10.1 Å². The minimum atomic E-state index is 0.587. The Balaban J connectivity index is 2.05. The Morgan fingerprint density at radius 2 is 2.27 bits per heavy atom. The predicted octanol–water partition coefficient (Wildman–Crippen LogP) is 3.21. The van der Waals surface area contributed by atoms with Crippen molar-refractivity contribution in [3.05, 3.63) is 39.2 Å². The van der Waals surface area contributed by atoms with Crippen LogP contribution in [0.5, 0.6) is 0 Å². The van der Waals surface area contributed by atoms with Gasteiger partial charge in [-0.2, -0.15) is 0 Å². The van der Waals surface area contributed by atoms with Crippen molar-refractivity contribution in [1.29, 1.82) is 0 Å². The van der Waals surface area contributed by atoms with Gasteiger partial charge in [-0.3, -0.25) is 0 Å². The molecule has 0 fully saturated rings. The molecular weight excluding hydrogens is 326 g/mol. The van der Waals surface area contributed by atoms with E-state index in [9.17, 15) is 0 Å². The van der Waals surface area contributed by atoms with Gasteiger partial charge in [0.25, 0.3) is 0 Å². The molecule has 0 saturated carbocycles.